The number of hydrogen-bond donors (Lipinski definition) is 2. The van der Waals surface area contributed by atoms with Gasteiger partial charge in [-0.15, -0.1) is 0 Å². The zero-order valence-electron chi connectivity index (χ0n) is 11.2. The first-order valence-electron chi connectivity index (χ1n) is 6.53. The van der Waals surface area contributed by atoms with Crippen molar-refractivity contribution < 1.29 is 14.6 Å². The van der Waals surface area contributed by atoms with Gasteiger partial charge in [0, 0.05) is 19.3 Å². The van der Waals surface area contributed by atoms with E-state index in [4.69, 9.17) is 4.74 Å². The second kappa shape index (κ2) is 6.36. The Morgan fingerprint density at radius 2 is 2.12 bits per heavy atom. The minimum atomic E-state index is -0.881. The quantitative estimate of drug-likeness (QED) is 0.608. The summed E-state index contributed by atoms with van der Waals surface area (Å²) >= 11 is 0. The zero-order chi connectivity index (χ0) is 12.9. The summed E-state index contributed by atoms with van der Waals surface area (Å²) in [5, 5.41) is 12.3. The van der Waals surface area contributed by atoms with E-state index in [1.54, 1.807) is 6.92 Å². The molecular formula is C13H25NO3. The number of carbonyl (C=O) groups is 1. The fourth-order valence-electron chi connectivity index (χ4n) is 1.91. The average molecular weight is 243 g/mol. The molecular weight excluding hydrogens is 218 g/mol. The van der Waals surface area contributed by atoms with Crippen LogP contribution in [-0.2, 0) is 9.53 Å². The van der Waals surface area contributed by atoms with Gasteiger partial charge in [-0.25, -0.2) is 0 Å². The Balaban J connectivity index is 2.20. The summed E-state index contributed by atoms with van der Waals surface area (Å²) in [5.41, 5.74) is -0.881. The van der Waals surface area contributed by atoms with Gasteiger partial charge in [0.05, 0.1) is 0 Å². The summed E-state index contributed by atoms with van der Waals surface area (Å²) in [6.07, 6.45) is 4.31. The molecule has 4 heteroatoms. The number of hydrogen-bond acceptors (Lipinski definition) is 3. The van der Waals surface area contributed by atoms with Crippen molar-refractivity contribution in [3.05, 3.63) is 0 Å². The lowest BCUT2D eigenvalue weighted by Crippen LogP contribution is -2.53. The molecule has 0 saturated heterocycles. The molecule has 4 nitrogen and oxygen atoms in total. The number of nitrogens with one attached hydrogen (secondary N) is 1. The predicted octanol–water partition coefficient (Wildman–Crippen LogP) is 2.03. The second-order valence-electron chi connectivity index (χ2n) is 5.53. The standard InChI is InChI=1S/C13H25NO3/c1-10(2)14-13(3,12(15)16)7-9-17-8-6-11-4-5-11/h10-11,14H,4-9H2,1-3H3,(H,15,16). The van der Waals surface area contributed by atoms with Crippen molar-refractivity contribution >= 4 is 5.97 Å². The van der Waals surface area contributed by atoms with E-state index in [-0.39, 0.29) is 6.04 Å². The molecule has 0 spiro atoms. The molecule has 1 fully saturated rings. The lowest BCUT2D eigenvalue weighted by atomic mass is 9.97. The molecule has 100 valence electrons. The van der Waals surface area contributed by atoms with E-state index < -0.39 is 11.5 Å². The number of carboxylic acids is 1. The molecule has 1 unspecified atom stereocenters. The maximum absolute atomic E-state index is 11.2. The summed E-state index contributed by atoms with van der Waals surface area (Å²) in [5.74, 6) is 0.0617. The molecule has 1 aliphatic carbocycles. The van der Waals surface area contributed by atoms with Gasteiger partial charge in [0.2, 0.25) is 0 Å². The molecule has 0 amide bonds. The largest absolute Gasteiger partial charge is 0.480 e. The van der Waals surface area contributed by atoms with Gasteiger partial charge in [-0.3, -0.25) is 10.1 Å². The van der Waals surface area contributed by atoms with Crippen molar-refractivity contribution in [1.29, 1.82) is 0 Å². The highest BCUT2D eigenvalue weighted by Crippen LogP contribution is 2.32. The molecule has 1 rings (SSSR count). The van der Waals surface area contributed by atoms with Gasteiger partial charge in [0.25, 0.3) is 0 Å². The fourth-order valence-corrected chi connectivity index (χ4v) is 1.91. The summed E-state index contributed by atoms with van der Waals surface area (Å²) in [7, 11) is 0. The third kappa shape index (κ3) is 5.50. The van der Waals surface area contributed by atoms with Crippen LogP contribution in [0.4, 0.5) is 0 Å². The van der Waals surface area contributed by atoms with Crippen molar-refractivity contribution in [3.63, 3.8) is 0 Å². The molecule has 1 atom stereocenters. The Bertz CT molecular complexity index is 251. The van der Waals surface area contributed by atoms with Crippen LogP contribution in [0.1, 0.15) is 46.5 Å². The Morgan fingerprint density at radius 1 is 1.47 bits per heavy atom. The maximum atomic E-state index is 11.2. The Kier molecular flexibility index (Phi) is 5.40. The van der Waals surface area contributed by atoms with E-state index >= 15 is 0 Å². The Labute approximate surface area is 104 Å². The smallest absolute Gasteiger partial charge is 0.323 e. The average Bonchev–Trinajstić information content (AvgIpc) is 2.99. The highest BCUT2D eigenvalue weighted by atomic mass is 16.5. The van der Waals surface area contributed by atoms with E-state index in [2.05, 4.69) is 5.32 Å². The van der Waals surface area contributed by atoms with Crippen LogP contribution in [0.15, 0.2) is 0 Å². The van der Waals surface area contributed by atoms with Crippen molar-refractivity contribution in [2.75, 3.05) is 13.2 Å². The van der Waals surface area contributed by atoms with E-state index in [1.165, 1.54) is 12.8 Å². The van der Waals surface area contributed by atoms with E-state index in [0.717, 1.165) is 18.9 Å². The van der Waals surface area contributed by atoms with Gasteiger partial charge >= 0.3 is 5.97 Å². The first-order valence-corrected chi connectivity index (χ1v) is 6.53. The topological polar surface area (TPSA) is 58.6 Å². The molecule has 0 aromatic heterocycles. The number of rotatable bonds is 9. The molecule has 0 heterocycles. The molecule has 1 aliphatic rings. The van der Waals surface area contributed by atoms with Crippen LogP contribution in [0.25, 0.3) is 0 Å². The van der Waals surface area contributed by atoms with Crippen LogP contribution in [0, 0.1) is 5.92 Å². The number of ether oxygens (including phenoxy) is 1. The van der Waals surface area contributed by atoms with Gasteiger partial charge in [-0.2, -0.15) is 0 Å². The van der Waals surface area contributed by atoms with Crippen LogP contribution in [0.5, 0.6) is 0 Å². The first-order chi connectivity index (χ1) is 7.94. The molecule has 0 aromatic carbocycles. The monoisotopic (exact) mass is 243 g/mol. The Hall–Kier alpha value is -0.610. The number of carboxylic acid groups (broad SMARTS) is 1. The van der Waals surface area contributed by atoms with Crippen LogP contribution in [0.2, 0.25) is 0 Å². The van der Waals surface area contributed by atoms with E-state index in [0.29, 0.717) is 13.0 Å². The fraction of sp³-hybridized carbons (Fsp3) is 0.923. The summed E-state index contributed by atoms with van der Waals surface area (Å²) < 4.78 is 5.51. The van der Waals surface area contributed by atoms with Crippen molar-refractivity contribution in [2.45, 2.75) is 58.0 Å². The van der Waals surface area contributed by atoms with Gasteiger partial charge < -0.3 is 9.84 Å². The SMILES string of the molecule is CC(C)NC(C)(CCOCCC1CC1)C(=O)O. The minimum absolute atomic E-state index is 0.155. The first kappa shape index (κ1) is 14.5. The molecule has 0 bridgehead atoms. The summed E-state index contributed by atoms with van der Waals surface area (Å²) in [4.78, 5) is 11.2. The van der Waals surface area contributed by atoms with Crippen LogP contribution >= 0.6 is 0 Å². The summed E-state index contributed by atoms with van der Waals surface area (Å²) in [6.45, 7) is 6.90. The highest BCUT2D eigenvalue weighted by Gasteiger charge is 2.33. The van der Waals surface area contributed by atoms with Gasteiger partial charge in [0.15, 0.2) is 0 Å². The van der Waals surface area contributed by atoms with Gasteiger partial charge in [-0.05, 0) is 39.5 Å². The predicted molar refractivity (Wildman–Crippen MR) is 67.1 cm³/mol. The molecule has 0 radical (unpaired) electrons. The van der Waals surface area contributed by atoms with Crippen molar-refractivity contribution in [2.24, 2.45) is 5.92 Å². The summed E-state index contributed by atoms with van der Waals surface area (Å²) in [6, 6.07) is 0.155. The van der Waals surface area contributed by atoms with Gasteiger partial charge in [-0.1, -0.05) is 12.8 Å². The molecule has 0 aliphatic heterocycles. The van der Waals surface area contributed by atoms with Crippen LogP contribution in [0.3, 0.4) is 0 Å². The van der Waals surface area contributed by atoms with E-state index in [1.807, 2.05) is 13.8 Å². The normalized spacial score (nSPS) is 19.3. The Morgan fingerprint density at radius 3 is 2.59 bits per heavy atom. The van der Waals surface area contributed by atoms with Crippen LogP contribution < -0.4 is 5.32 Å². The van der Waals surface area contributed by atoms with Crippen molar-refractivity contribution in [3.8, 4) is 0 Å². The minimum Gasteiger partial charge on any atom is -0.480 e. The maximum Gasteiger partial charge on any atom is 0.323 e. The van der Waals surface area contributed by atoms with E-state index in [9.17, 15) is 9.90 Å². The zero-order valence-corrected chi connectivity index (χ0v) is 11.2. The number of aliphatic carboxylic acids is 1. The molecule has 1 saturated carbocycles. The third-order valence-corrected chi connectivity index (χ3v) is 3.19. The molecule has 0 aromatic rings. The molecule has 17 heavy (non-hydrogen) atoms. The second-order valence-corrected chi connectivity index (χ2v) is 5.53. The van der Waals surface area contributed by atoms with Gasteiger partial charge in [0.1, 0.15) is 5.54 Å². The van der Waals surface area contributed by atoms with Crippen molar-refractivity contribution in [1.82, 2.24) is 5.32 Å². The lowest BCUT2D eigenvalue weighted by molar-refractivity contribution is -0.145. The lowest BCUT2D eigenvalue weighted by Gasteiger charge is -2.28. The third-order valence-electron chi connectivity index (χ3n) is 3.19. The molecule has 2 N–H and O–H groups in total. The highest BCUT2D eigenvalue weighted by molar-refractivity contribution is 5.78. The van der Waals surface area contributed by atoms with Crippen LogP contribution in [-0.4, -0.2) is 35.9 Å².